The van der Waals surface area contributed by atoms with Gasteiger partial charge in [-0.1, -0.05) is 18.2 Å². The first-order valence-corrected chi connectivity index (χ1v) is 7.29. The van der Waals surface area contributed by atoms with Crippen molar-refractivity contribution in [3.8, 4) is 0 Å². The molecule has 0 saturated carbocycles. The lowest BCUT2D eigenvalue weighted by molar-refractivity contribution is 0.396. The standard InChI is InChI=1S/C16H27N3/c1-13(17)10-15-6-4-5-7-16(15)19(3)12-14-8-9-18(2)11-14/h4-7,13-14H,8-12,17H2,1-3H3. The van der Waals surface area contributed by atoms with Crippen molar-refractivity contribution in [2.45, 2.75) is 25.8 Å². The van der Waals surface area contributed by atoms with Crippen molar-refractivity contribution in [2.75, 3.05) is 38.6 Å². The lowest BCUT2D eigenvalue weighted by Gasteiger charge is -2.26. The first-order chi connectivity index (χ1) is 9.06. The van der Waals surface area contributed by atoms with Gasteiger partial charge >= 0.3 is 0 Å². The molecule has 106 valence electrons. The maximum Gasteiger partial charge on any atom is 0.0396 e. The summed E-state index contributed by atoms with van der Waals surface area (Å²) in [5.74, 6) is 0.790. The average molecular weight is 261 g/mol. The molecule has 0 aromatic heterocycles. The summed E-state index contributed by atoms with van der Waals surface area (Å²) < 4.78 is 0. The first-order valence-electron chi connectivity index (χ1n) is 7.29. The molecule has 3 nitrogen and oxygen atoms in total. The highest BCUT2D eigenvalue weighted by atomic mass is 15.2. The lowest BCUT2D eigenvalue weighted by Crippen LogP contribution is -2.28. The molecule has 2 rings (SSSR count). The van der Waals surface area contributed by atoms with Crippen LogP contribution in [0.25, 0.3) is 0 Å². The highest BCUT2D eigenvalue weighted by molar-refractivity contribution is 5.53. The molecule has 0 amide bonds. The van der Waals surface area contributed by atoms with Gasteiger partial charge in [0, 0.05) is 31.9 Å². The topological polar surface area (TPSA) is 32.5 Å². The quantitative estimate of drug-likeness (QED) is 0.879. The molecule has 0 bridgehead atoms. The van der Waals surface area contributed by atoms with Gasteiger partial charge in [0.15, 0.2) is 0 Å². The maximum atomic E-state index is 5.95. The van der Waals surface area contributed by atoms with Crippen LogP contribution in [0.3, 0.4) is 0 Å². The summed E-state index contributed by atoms with van der Waals surface area (Å²) in [4.78, 5) is 4.83. The van der Waals surface area contributed by atoms with Crippen molar-refractivity contribution in [2.24, 2.45) is 11.7 Å². The first kappa shape index (κ1) is 14.4. The SMILES string of the molecule is CC(N)Cc1ccccc1N(C)CC1CCN(C)C1. The third kappa shape index (κ3) is 3.95. The summed E-state index contributed by atoms with van der Waals surface area (Å²) in [5, 5.41) is 0. The van der Waals surface area contributed by atoms with E-state index >= 15 is 0 Å². The Morgan fingerprint density at radius 3 is 2.79 bits per heavy atom. The fourth-order valence-corrected chi connectivity index (χ4v) is 3.06. The predicted octanol–water partition coefficient (Wildman–Crippen LogP) is 1.96. The molecule has 1 heterocycles. The van der Waals surface area contributed by atoms with Crippen LogP contribution in [0.2, 0.25) is 0 Å². The van der Waals surface area contributed by atoms with Gasteiger partial charge in [-0.05, 0) is 50.9 Å². The summed E-state index contributed by atoms with van der Waals surface area (Å²) in [5.41, 5.74) is 8.66. The van der Waals surface area contributed by atoms with Crippen molar-refractivity contribution < 1.29 is 0 Å². The van der Waals surface area contributed by atoms with Crippen LogP contribution in [-0.2, 0) is 6.42 Å². The Kier molecular flexibility index (Phi) is 4.83. The van der Waals surface area contributed by atoms with Crippen LogP contribution in [0.4, 0.5) is 5.69 Å². The molecule has 2 N–H and O–H groups in total. The third-order valence-corrected chi connectivity index (χ3v) is 3.97. The van der Waals surface area contributed by atoms with Crippen LogP contribution < -0.4 is 10.6 Å². The Hall–Kier alpha value is -1.06. The van der Waals surface area contributed by atoms with E-state index in [0.29, 0.717) is 0 Å². The van der Waals surface area contributed by atoms with Gasteiger partial charge < -0.3 is 15.5 Å². The van der Waals surface area contributed by atoms with Gasteiger partial charge in [-0.25, -0.2) is 0 Å². The Labute approximate surface area is 117 Å². The summed E-state index contributed by atoms with van der Waals surface area (Å²) in [6.45, 7) is 5.67. The molecule has 0 radical (unpaired) electrons. The molecule has 2 unspecified atom stereocenters. The number of hydrogen-bond acceptors (Lipinski definition) is 3. The van der Waals surface area contributed by atoms with Crippen molar-refractivity contribution >= 4 is 5.69 Å². The zero-order valence-corrected chi connectivity index (χ0v) is 12.5. The van der Waals surface area contributed by atoms with Gasteiger partial charge in [-0.2, -0.15) is 0 Å². The molecule has 1 aromatic rings. The van der Waals surface area contributed by atoms with E-state index in [1.54, 1.807) is 0 Å². The third-order valence-electron chi connectivity index (χ3n) is 3.97. The monoisotopic (exact) mass is 261 g/mol. The molecule has 0 aliphatic carbocycles. The Morgan fingerprint density at radius 1 is 1.42 bits per heavy atom. The fraction of sp³-hybridized carbons (Fsp3) is 0.625. The summed E-state index contributed by atoms with van der Waals surface area (Å²) >= 11 is 0. The molecule has 1 aliphatic rings. The predicted molar refractivity (Wildman–Crippen MR) is 82.7 cm³/mol. The highest BCUT2D eigenvalue weighted by Crippen LogP contribution is 2.23. The van der Waals surface area contributed by atoms with Crippen molar-refractivity contribution in [3.63, 3.8) is 0 Å². The number of nitrogens with two attached hydrogens (primary N) is 1. The number of nitrogens with zero attached hydrogens (tertiary/aromatic N) is 2. The minimum Gasteiger partial charge on any atom is -0.374 e. The molecule has 1 saturated heterocycles. The summed E-state index contributed by atoms with van der Waals surface area (Å²) in [7, 11) is 4.42. The van der Waals surface area contributed by atoms with Crippen molar-refractivity contribution in [1.29, 1.82) is 0 Å². The van der Waals surface area contributed by atoms with Crippen LogP contribution in [0.5, 0.6) is 0 Å². The number of para-hydroxylation sites is 1. The van der Waals surface area contributed by atoms with Gasteiger partial charge in [0.1, 0.15) is 0 Å². The minimum absolute atomic E-state index is 0.215. The molecule has 1 aromatic carbocycles. The van der Waals surface area contributed by atoms with E-state index in [9.17, 15) is 0 Å². The molecule has 3 heteroatoms. The Bertz CT molecular complexity index is 403. The van der Waals surface area contributed by atoms with E-state index in [4.69, 9.17) is 5.73 Å². The van der Waals surface area contributed by atoms with Crippen LogP contribution in [0.15, 0.2) is 24.3 Å². The number of hydrogen-bond donors (Lipinski definition) is 1. The second-order valence-electron chi connectivity index (χ2n) is 6.11. The minimum atomic E-state index is 0.215. The zero-order valence-electron chi connectivity index (χ0n) is 12.5. The molecular weight excluding hydrogens is 234 g/mol. The molecule has 1 fully saturated rings. The van der Waals surface area contributed by atoms with Crippen LogP contribution in [-0.4, -0.2) is 44.7 Å². The van der Waals surface area contributed by atoms with Crippen LogP contribution in [0.1, 0.15) is 18.9 Å². The molecule has 2 atom stereocenters. The number of benzene rings is 1. The van der Waals surface area contributed by atoms with Crippen molar-refractivity contribution in [3.05, 3.63) is 29.8 Å². The van der Waals surface area contributed by atoms with E-state index in [2.05, 4.69) is 55.1 Å². The second-order valence-corrected chi connectivity index (χ2v) is 6.11. The number of likely N-dealkylation sites (tertiary alicyclic amines) is 1. The van der Waals surface area contributed by atoms with Crippen LogP contribution >= 0.6 is 0 Å². The Morgan fingerprint density at radius 2 is 2.16 bits per heavy atom. The molecular formula is C16H27N3. The molecule has 1 aliphatic heterocycles. The Balaban J connectivity index is 2.03. The van der Waals surface area contributed by atoms with Gasteiger partial charge in [0.05, 0.1) is 0 Å². The van der Waals surface area contributed by atoms with E-state index in [1.807, 2.05) is 0 Å². The lowest BCUT2D eigenvalue weighted by atomic mass is 10.0. The van der Waals surface area contributed by atoms with Crippen LogP contribution in [0, 0.1) is 5.92 Å². The van der Waals surface area contributed by atoms with E-state index < -0.39 is 0 Å². The smallest absolute Gasteiger partial charge is 0.0396 e. The largest absolute Gasteiger partial charge is 0.374 e. The molecule has 19 heavy (non-hydrogen) atoms. The fourth-order valence-electron chi connectivity index (χ4n) is 3.06. The van der Waals surface area contributed by atoms with Gasteiger partial charge in [0.2, 0.25) is 0 Å². The highest BCUT2D eigenvalue weighted by Gasteiger charge is 2.21. The van der Waals surface area contributed by atoms with Crippen molar-refractivity contribution in [1.82, 2.24) is 4.90 Å². The second kappa shape index (κ2) is 6.40. The maximum absolute atomic E-state index is 5.95. The zero-order chi connectivity index (χ0) is 13.8. The van der Waals surface area contributed by atoms with Gasteiger partial charge in [-0.15, -0.1) is 0 Å². The van der Waals surface area contributed by atoms with E-state index in [0.717, 1.165) is 18.9 Å². The molecule has 0 spiro atoms. The summed E-state index contributed by atoms with van der Waals surface area (Å²) in [6.07, 6.45) is 2.27. The number of anilines is 1. The van der Waals surface area contributed by atoms with Gasteiger partial charge in [-0.3, -0.25) is 0 Å². The number of rotatable bonds is 5. The normalized spacial score (nSPS) is 21.6. The van der Waals surface area contributed by atoms with Gasteiger partial charge in [0.25, 0.3) is 0 Å². The summed E-state index contributed by atoms with van der Waals surface area (Å²) in [6, 6.07) is 8.87. The average Bonchev–Trinajstić information content (AvgIpc) is 2.74. The van der Waals surface area contributed by atoms with E-state index in [1.165, 1.54) is 30.8 Å². The van der Waals surface area contributed by atoms with E-state index in [-0.39, 0.29) is 6.04 Å².